The van der Waals surface area contributed by atoms with Gasteiger partial charge < -0.3 is 14.6 Å². The number of para-hydroxylation sites is 1. The van der Waals surface area contributed by atoms with Crippen LogP contribution in [0.2, 0.25) is 0 Å². The van der Waals surface area contributed by atoms with Crippen molar-refractivity contribution < 1.29 is 14.1 Å². The third-order valence-electron chi connectivity index (χ3n) is 2.94. The Kier molecular flexibility index (Phi) is 3.87. The van der Waals surface area contributed by atoms with Gasteiger partial charge in [0.15, 0.2) is 0 Å². The fourth-order valence-electron chi connectivity index (χ4n) is 1.89. The first-order chi connectivity index (χ1) is 10.7. The average Bonchev–Trinajstić information content (AvgIpc) is 2.97. The third kappa shape index (κ3) is 3.32. The van der Waals surface area contributed by atoms with Crippen LogP contribution in [0, 0.1) is 6.92 Å². The van der Waals surface area contributed by atoms with E-state index in [-0.39, 0.29) is 11.7 Å². The van der Waals surface area contributed by atoms with Crippen LogP contribution in [-0.4, -0.2) is 11.1 Å². The van der Waals surface area contributed by atoms with Crippen molar-refractivity contribution in [1.82, 2.24) is 5.16 Å². The van der Waals surface area contributed by atoms with Gasteiger partial charge in [-0.25, -0.2) is 0 Å². The zero-order chi connectivity index (χ0) is 15.4. The van der Waals surface area contributed by atoms with Crippen molar-refractivity contribution in [2.75, 3.05) is 5.32 Å². The Morgan fingerprint density at radius 1 is 1.05 bits per heavy atom. The Bertz CT molecular complexity index is 764. The molecule has 2 aromatic carbocycles. The van der Waals surface area contributed by atoms with Gasteiger partial charge in [-0.1, -0.05) is 23.4 Å². The van der Waals surface area contributed by atoms with Gasteiger partial charge in [-0.15, -0.1) is 0 Å². The van der Waals surface area contributed by atoms with Crippen molar-refractivity contribution in [3.05, 3.63) is 72.1 Å². The van der Waals surface area contributed by atoms with Crippen molar-refractivity contribution >= 4 is 11.6 Å². The van der Waals surface area contributed by atoms with E-state index in [2.05, 4.69) is 10.5 Å². The number of nitrogens with one attached hydrogen (secondary N) is 1. The number of carbonyl (C=O) groups is 1. The van der Waals surface area contributed by atoms with E-state index in [0.29, 0.717) is 17.1 Å². The van der Waals surface area contributed by atoms with Crippen LogP contribution in [0.15, 0.2) is 65.2 Å². The number of ether oxygens (including phenoxy) is 1. The number of aryl methyl sites for hydroxylation is 1. The van der Waals surface area contributed by atoms with E-state index in [9.17, 15) is 4.79 Å². The van der Waals surface area contributed by atoms with Crippen LogP contribution in [0.4, 0.5) is 5.69 Å². The molecule has 0 spiro atoms. The van der Waals surface area contributed by atoms with E-state index in [0.717, 1.165) is 5.75 Å². The molecule has 0 saturated carbocycles. The van der Waals surface area contributed by atoms with Crippen LogP contribution in [0.1, 0.15) is 16.2 Å². The molecule has 0 fully saturated rings. The van der Waals surface area contributed by atoms with Crippen LogP contribution in [0.5, 0.6) is 11.5 Å². The Hall–Kier alpha value is -3.08. The Balaban J connectivity index is 1.65. The maximum absolute atomic E-state index is 11.9. The fraction of sp³-hybridized carbons (Fsp3) is 0.0588. The first-order valence-corrected chi connectivity index (χ1v) is 6.78. The standard InChI is InChI=1S/C17H14N2O3/c1-12-11-16(22-19-12)17(20)18-13-7-9-15(10-8-13)21-14-5-3-2-4-6-14/h2-11H,1H3,(H,18,20). The van der Waals surface area contributed by atoms with Crippen LogP contribution in [0.25, 0.3) is 0 Å². The van der Waals surface area contributed by atoms with Gasteiger partial charge in [-0.3, -0.25) is 4.79 Å². The third-order valence-corrected chi connectivity index (χ3v) is 2.94. The molecule has 0 saturated heterocycles. The van der Waals surface area contributed by atoms with Gasteiger partial charge in [0.2, 0.25) is 5.76 Å². The lowest BCUT2D eigenvalue weighted by molar-refractivity contribution is 0.0988. The molecule has 0 unspecified atom stereocenters. The molecule has 0 bridgehead atoms. The molecule has 110 valence electrons. The van der Waals surface area contributed by atoms with Gasteiger partial charge in [0.25, 0.3) is 5.91 Å². The number of hydrogen-bond acceptors (Lipinski definition) is 4. The minimum absolute atomic E-state index is 0.183. The molecular formula is C17H14N2O3. The Labute approximate surface area is 127 Å². The SMILES string of the molecule is Cc1cc(C(=O)Nc2ccc(Oc3ccccc3)cc2)on1. The molecular weight excluding hydrogens is 280 g/mol. The van der Waals surface area contributed by atoms with Crippen LogP contribution in [0.3, 0.4) is 0 Å². The Morgan fingerprint density at radius 2 is 1.73 bits per heavy atom. The normalized spacial score (nSPS) is 10.2. The minimum atomic E-state index is -0.336. The maximum atomic E-state index is 11.9. The summed E-state index contributed by atoms with van der Waals surface area (Å²) in [4.78, 5) is 11.9. The largest absolute Gasteiger partial charge is 0.457 e. The van der Waals surface area contributed by atoms with Crippen molar-refractivity contribution in [3.63, 3.8) is 0 Å². The van der Waals surface area contributed by atoms with E-state index in [1.807, 2.05) is 30.3 Å². The summed E-state index contributed by atoms with van der Waals surface area (Å²) in [6, 6.07) is 18.2. The molecule has 22 heavy (non-hydrogen) atoms. The minimum Gasteiger partial charge on any atom is -0.457 e. The highest BCUT2D eigenvalue weighted by atomic mass is 16.5. The molecule has 1 amide bonds. The van der Waals surface area contributed by atoms with Gasteiger partial charge in [-0.2, -0.15) is 0 Å². The van der Waals surface area contributed by atoms with Gasteiger partial charge in [0.05, 0.1) is 5.69 Å². The molecule has 0 aliphatic carbocycles. The summed E-state index contributed by atoms with van der Waals surface area (Å²) in [5, 5.41) is 6.42. The lowest BCUT2D eigenvalue weighted by atomic mass is 10.3. The second-order valence-corrected chi connectivity index (χ2v) is 4.73. The van der Waals surface area contributed by atoms with Gasteiger partial charge in [0, 0.05) is 11.8 Å². The topological polar surface area (TPSA) is 64.4 Å². The lowest BCUT2D eigenvalue weighted by Gasteiger charge is -2.07. The molecule has 5 nitrogen and oxygen atoms in total. The second-order valence-electron chi connectivity index (χ2n) is 4.73. The molecule has 0 aliphatic heterocycles. The molecule has 1 aromatic heterocycles. The first kappa shape index (κ1) is 13.9. The molecule has 0 radical (unpaired) electrons. The van der Waals surface area contributed by atoms with Crippen LogP contribution < -0.4 is 10.1 Å². The maximum Gasteiger partial charge on any atom is 0.294 e. The molecule has 1 heterocycles. The quantitative estimate of drug-likeness (QED) is 0.789. The van der Waals surface area contributed by atoms with Crippen LogP contribution in [-0.2, 0) is 0 Å². The predicted octanol–water partition coefficient (Wildman–Crippen LogP) is 4.03. The van der Waals surface area contributed by atoms with E-state index >= 15 is 0 Å². The van der Waals surface area contributed by atoms with E-state index in [1.165, 1.54) is 0 Å². The highest BCUT2D eigenvalue weighted by molar-refractivity contribution is 6.02. The molecule has 0 aliphatic rings. The van der Waals surface area contributed by atoms with Crippen molar-refractivity contribution in [1.29, 1.82) is 0 Å². The fourth-order valence-corrected chi connectivity index (χ4v) is 1.89. The number of hydrogen-bond donors (Lipinski definition) is 1. The predicted molar refractivity (Wildman–Crippen MR) is 82.2 cm³/mol. The molecule has 3 aromatic rings. The number of carbonyl (C=O) groups excluding carboxylic acids is 1. The number of nitrogens with zero attached hydrogens (tertiary/aromatic N) is 1. The number of benzene rings is 2. The molecule has 3 rings (SSSR count). The molecule has 5 heteroatoms. The van der Waals surface area contributed by atoms with Gasteiger partial charge in [-0.05, 0) is 43.3 Å². The van der Waals surface area contributed by atoms with Gasteiger partial charge >= 0.3 is 0 Å². The van der Waals surface area contributed by atoms with Crippen LogP contribution >= 0.6 is 0 Å². The number of anilines is 1. The molecule has 0 atom stereocenters. The summed E-state index contributed by atoms with van der Waals surface area (Å²) < 4.78 is 10.6. The smallest absolute Gasteiger partial charge is 0.294 e. The van der Waals surface area contributed by atoms with Gasteiger partial charge in [0.1, 0.15) is 11.5 Å². The van der Waals surface area contributed by atoms with Crippen molar-refractivity contribution in [3.8, 4) is 11.5 Å². The summed E-state index contributed by atoms with van der Waals surface area (Å²) in [6.07, 6.45) is 0. The summed E-state index contributed by atoms with van der Waals surface area (Å²) >= 11 is 0. The molecule has 1 N–H and O–H groups in total. The summed E-state index contributed by atoms with van der Waals surface area (Å²) in [5.41, 5.74) is 1.32. The van der Waals surface area contributed by atoms with Crippen molar-refractivity contribution in [2.24, 2.45) is 0 Å². The number of amides is 1. The first-order valence-electron chi connectivity index (χ1n) is 6.78. The Morgan fingerprint density at radius 3 is 2.36 bits per heavy atom. The monoisotopic (exact) mass is 294 g/mol. The number of aromatic nitrogens is 1. The zero-order valence-electron chi connectivity index (χ0n) is 11.9. The van der Waals surface area contributed by atoms with Crippen molar-refractivity contribution in [2.45, 2.75) is 6.92 Å². The lowest BCUT2D eigenvalue weighted by Crippen LogP contribution is -2.10. The summed E-state index contributed by atoms with van der Waals surface area (Å²) in [7, 11) is 0. The summed E-state index contributed by atoms with van der Waals surface area (Å²) in [5.74, 6) is 1.30. The highest BCUT2D eigenvalue weighted by Crippen LogP contribution is 2.22. The van der Waals surface area contributed by atoms with E-state index < -0.39 is 0 Å². The second kappa shape index (κ2) is 6.13. The summed E-state index contributed by atoms with van der Waals surface area (Å²) in [6.45, 7) is 1.76. The average molecular weight is 294 g/mol. The van der Waals surface area contributed by atoms with E-state index in [1.54, 1.807) is 37.3 Å². The zero-order valence-corrected chi connectivity index (χ0v) is 11.9. The van der Waals surface area contributed by atoms with E-state index in [4.69, 9.17) is 9.26 Å². The number of rotatable bonds is 4. The highest BCUT2D eigenvalue weighted by Gasteiger charge is 2.11.